The van der Waals surface area contributed by atoms with Gasteiger partial charge in [0, 0.05) is 5.56 Å². The molecule has 1 aromatic carbocycles. The van der Waals surface area contributed by atoms with E-state index in [0.717, 1.165) is 12.4 Å². The molecule has 0 bridgehead atoms. The lowest BCUT2D eigenvalue weighted by atomic mass is 10.0. The van der Waals surface area contributed by atoms with Gasteiger partial charge in [-0.15, -0.1) is 10.6 Å². The maximum Gasteiger partial charge on any atom is 0.173 e. The molecule has 3 rings (SSSR count). The molecule has 0 saturated heterocycles. The zero-order valence-corrected chi connectivity index (χ0v) is 8.26. The highest BCUT2D eigenvalue weighted by atomic mass is 15.8. The third-order valence-electron chi connectivity index (χ3n) is 2.89. The number of benzene rings is 1. The number of aryl methyl sites for hydroxylation is 2. The van der Waals surface area contributed by atoms with Gasteiger partial charge >= 0.3 is 0 Å². The van der Waals surface area contributed by atoms with Crippen molar-refractivity contribution in [1.29, 1.82) is 0 Å². The van der Waals surface area contributed by atoms with Gasteiger partial charge in [-0.25, -0.2) is 5.53 Å². The van der Waals surface area contributed by atoms with Crippen LogP contribution >= 0.6 is 0 Å². The van der Waals surface area contributed by atoms with Crippen molar-refractivity contribution in [1.82, 2.24) is 16.1 Å². The number of nitrogens with one attached hydrogen (secondary N) is 2. The summed E-state index contributed by atoms with van der Waals surface area (Å²) in [5.41, 5.74) is 11.0. The lowest BCUT2D eigenvalue weighted by Crippen LogP contribution is -2.36. The van der Waals surface area contributed by atoms with E-state index in [1.807, 2.05) is 5.01 Å². The van der Waals surface area contributed by atoms with Gasteiger partial charge in [0.1, 0.15) is 0 Å². The normalized spacial score (nSPS) is 17.6. The van der Waals surface area contributed by atoms with E-state index in [2.05, 4.69) is 42.2 Å². The Morgan fingerprint density at radius 3 is 2.93 bits per heavy atom. The Morgan fingerprint density at radius 2 is 2.07 bits per heavy atom. The number of fused-ring (bicyclic) bond motifs is 3. The summed E-state index contributed by atoms with van der Waals surface area (Å²) in [6, 6.07) is 4.45. The van der Waals surface area contributed by atoms with Crippen LogP contribution in [0.1, 0.15) is 22.3 Å². The molecule has 4 heteroatoms. The molecular weight excluding hydrogens is 176 g/mol. The van der Waals surface area contributed by atoms with Crippen LogP contribution in [-0.2, 0) is 6.54 Å². The fourth-order valence-corrected chi connectivity index (χ4v) is 1.96. The molecule has 0 aliphatic carbocycles. The minimum Gasteiger partial charge on any atom is -0.267 e. The Bertz CT molecular complexity index is 436. The van der Waals surface area contributed by atoms with Crippen molar-refractivity contribution in [3.05, 3.63) is 34.4 Å². The molecule has 2 N–H and O–H groups in total. The fourth-order valence-electron chi connectivity index (χ4n) is 1.96. The molecule has 0 radical (unpaired) electrons. The van der Waals surface area contributed by atoms with Gasteiger partial charge in [0.2, 0.25) is 0 Å². The van der Waals surface area contributed by atoms with Crippen molar-refractivity contribution in [2.75, 3.05) is 0 Å². The van der Waals surface area contributed by atoms with Crippen molar-refractivity contribution in [2.45, 2.75) is 20.4 Å². The lowest BCUT2D eigenvalue weighted by Gasteiger charge is -2.08. The lowest BCUT2D eigenvalue weighted by molar-refractivity contribution is 0.297. The Balaban J connectivity index is 2.20. The number of hydrogen-bond donors (Lipinski definition) is 2. The third kappa shape index (κ3) is 0.886. The van der Waals surface area contributed by atoms with Crippen LogP contribution in [0.3, 0.4) is 0 Å². The molecule has 2 heterocycles. The summed E-state index contributed by atoms with van der Waals surface area (Å²) in [5, 5.41) is 6.21. The molecule has 0 atom stereocenters. The van der Waals surface area contributed by atoms with Gasteiger partial charge in [0.15, 0.2) is 5.84 Å². The Hall–Kier alpha value is -1.55. The van der Waals surface area contributed by atoms with Gasteiger partial charge in [-0.2, -0.15) is 0 Å². The fraction of sp³-hybridized carbons (Fsp3) is 0.300. The van der Waals surface area contributed by atoms with Crippen molar-refractivity contribution in [2.24, 2.45) is 5.10 Å². The summed E-state index contributed by atoms with van der Waals surface area (Å²) in [5.74, 6) is 1.00. The molecule has 2 aliphatic heterocycles. The van der Waals surface area contributed by atoms with Crippen molar-refractivity contribution < 1.29 is 0 Å². The maximum atomic E-state index is 4.19. The molecule has 0 amide bonds. The van der Waals surface area contributed by atoms with Gasteiger partial charge in [-0.05, 0) is 36.6 Å². The predicted octanol–water partition coefficient (Wildman–Crippen LogP) is 0.803. The Labute approximate surface area is 82.5 Å². The van der Waals surface area contributed by atoms with Gasteiger partial charge < -0.3 is 0 Å². The first-order valence-electron chi connectivity index (χ1n) is 4.72. The summed E-state index contributed by atoms with van der Waals surface area (Å²) in [4.78, 5) is 0. The second-order valence-corrected chi connectivity index (χ2v) is 3.84. The molecule has 0 spiro atoms. The van der Waals surface area contributed by atoms with Gasteiger partial charge in [-0.3, -0.25) is 5.01 Å². The number of rotatable bonds is 0. The predicted molar refractivity (Wildman–Crippen MR) is 54.3 cm³/mol. The van der Waals surface area contributed by atoms with Gasteiger partial charge in [0.05, 0.1) is 6.54 Å². The molecule has 1 aromatic rings. The summed E-state index contributed by atoms with van der Waals surface area (Å²) < 4.78 is 0. The monoisotopic (exact) mass is 188 g/mol. The van der Waals surface area contributed by atoms with E-state index in [1.165, 1.54) is 22.3 Å². The van der Waals surface area contributed by atoms with Crippen LogP contribution in [0.25, 0.3) is 0 Å². The van der Waals surface area contributed by atoms with Crippen LogP contribution in [0, 0.1) is 13.8 Å². The van der Waals surface area contributed by atoms with E-state index in [1.54, 1.807) is 0 Å². The van der Waals surface area contributed by atoms with Crippen LogP contribution in [0.2, 0.25) is 0 Å². The molecule has 0 aromatic heterocycles. The SMILES string of the molecule is Cc1cc2c(cc1C)C1=NNNN1C2. The standard InChI is InChI=1S/C10H12N4/c1-6-3-8-5-14-10(11-12-13-14)9(8)4-7(6)2/h3-4,12-13H,5H2,1-2H3. The van der Waals surface area contributed by atoms with E-state index in [-0.39, 0.29) is 0 Å². The van der Waals surface area contributed by atoms with Gasteiger partial charge in [-0.1, -0.05) is 6.07 Å². The molecule has 0 fully saturated rings. The molecule has 2 aliphatic rings. The molecule has 0 saturated carbocycles. The number of amidine groups is 1. The van der Waals surface area contributed by atoms with E-state index in [0.29, 0.717) is 0 Å². The van der Waals surface area contributed by atoms with Crippen molar-refractivity contribution in [3.8, 4) is 0 Å². The highest BCUT2D eigenvalue weighted by molar-refractivity contribution is 6.02. The summed E-state index contributed by atoms with van der Waals surface area (Å²) in [6.45, 7) is 5.17. The maximum absolute atomic E-state index is 4.19. The number of nitrogens with zero attached hydrogens (tertiary/aromatic N) is 2. The first kappa shape index (κ1) is 7.82. The highest BCUT2D eigenvalue weighted by Crippen LogP contribution is 2.25. The van der Waals surface area contributed by atoms with Crippen LogP contribution in [-0.4, -0.2) is 10.8 Å². The highest BCUT2D eigenvalue weighted by Gasteiger charge is 2.28. The summed E-state index contributed by atoms with van der Waals surface area (Å²) in [7, 11) is 0. The van der Waals surface area contributed by atoms with Crippen LogP contribution in [0.4, 0.5) is 0 Å². The minimum absolute atomic E-state index is 0.891. The second-order valence-electron chi connectivity index (χ2n) is 3.84. The van der Waals surface area contributed by atoms with E-state index >= 15 is 0 Å². The van der Waals surface area contributed by atoms with E-state index < -0.39 is 0 Å². The zero-order chi connectivity index (χ0) is 9.71. The van der Waals surface area contributed by atoms with Crippen LogP contribution < -0.4 is 11.1 Å². The Kier molecular flexibility index (Phi) is 1.39. The van der Waals surface area contributed by atoms with Crippen molar-refractivity contribution in [3.63, 3.8) is 0 Å². The molecular formula is C10H12N4. The summed E-state index contributed by atoms with van der Waals surface area (Å²) >= 11 is 0. The Morgan fingerprint density at radius 1 is 1.29 bits per heavy atom. The van der Waals surface area contributed by atoms with E-state index in [9.17, 15) is 0 Å². The van der Waals surface area contributed by atoms with E-state index in [4.69, 9.17) is 0 Å². The largest absolute Gasteiger partial charge is 0.267 e. The first-order valence-corrected chi connectivity index (χ1v) is 4.72. The molecule has 4 nitrogen and oxygen atoms in total. The average molecular weight is 188 g/mol. The molecule has 0 unspecified atom stereocenters. The first-order chi connectivity index (χ1) is 6.75. The minimum atomic E-state index is 0.891. The molecule has 72 valence electrons. The van der Waals surface area contributed by atoms with Gasteiger partial charge in [0.25, 0.3) is 0 Å². The smallest absolute Gasteiger partial charge is 0.173 e. The number of hydrazone groups is 1. The topological polar surface area (TPSA) is 39.7 Å². The number of hydrazine groups is 2. The average Bonchev–Trinajstić information content (AvgIpc) is 2.68. The van der Waals surface area contributed by atoms with Crippen molar-refractivity contribution >= 4 is 5.84 Å². The molecule has 14 heavy (non-hydrogen) atoms. The zero-order valence-electron chi connectivity index (χ0n) is 8.26. The summed E-state index contributed by atoms with van der Waals surface area (Å²) in [6.07, 6.45) is 0. The second kappa shape index (κ2) is 2.48. The number of hydrogen-bond acceptors (Lipinski definition) is 4. The third-order valence-corrected chi connectivity index (χ3v) is 2.89. The van der Waals surface area contributed by atoms with Crippen LogP contribution in [0.15, 0.2) is 17.2 Å². The quantitative estimate of drug-likeness (QED) is 0.632. The van der Waals surface area contributed by atoms with Crippen LogP contribution in [0.5, 0.6) is 0 Å².